The van der Waals surface area contributed by atoms with Gasteiger partial charge in [0.1, 0.15) is 5.78 Å². The van der Waals surface area contributed by atoms with Crippen LogP contribution in [-0.2, 0) is 11.2 Å². The van der Waals surface area contributed by atoms with E-state index in [-0.39, 0.29) is 5.92 Å². The standard InChI is InChI=1S/C14H15ClOS/c1-9(2)11(16)7-8-13-14(15)10-5-3-4-6-12(10)17-13/h3-6,9H,7-8H2,1-2H3. The zero-order valence-corrected chi connectivity index (χ0v) is 11.6. The first-order chi connectivity index (χ1) is 8.09. The molecule has 1 aromatic carbocycles. The quantitative estimate of drug-likeness (QED) is 0.783. The number of halogens is 1. The average molecular weight is 267 g/mol. The Hall–Kier alpha value is -0.860. The molecule has 0 bridgehead atoms. The monoisotopic (exact) mass is 266 g/mol. The van der Waals surface area contributed by atoms with E-state index in [9.17, 15) is 4.79 Å². The van der Waals surface area contributed by atoms with Crippen molar-refractivity contribution >= 4 is 38.8 Å². The van der Waals surface area contributed by atoms with Gasteiger partial charge in [-0.25, -0.2) is 0 Å². The number of hydrogen-bond donors (Lipinski definition) is 0. The molecule has 0 saturated heterocycles. The average Bonchev–Trinajstić information content (AvgIpc) is 2.64. The van der Waals surface area contributed by atoms with Crippen LogP contribution in [0.1, 0.15) is 25.1 Å². The van der Waals surface area contributed by atoms with Gasteiger partial charge in [0.15, 0.2) is 0 Å². The Morgan fingerprint density at radius 1 is 1.35 bits per heavy atom. The number of aryl methyl sites for hydroxylation is 1. The first-order valence-electron chi connectivity index (χ1n) is 5.78. The molecule has 0 atom stereocenters. The molecule has 1 aromatic heterocycles. The largest absolute Gasteiger partial charge is 0.299 e. The van der Waals surface area contributed by atoms with Crippen LogP contribution in [-0.4, -0.2) is 5.78 Å². The van der Waals surface area contributed by atoms with Gasteiger partial charge in [-0.1, -0.05) is 43.6 Å². The van der Waals surface area contributed by atoms with E-state index in [4.69, 9.17) is 11.6 Å². The van der Waals surface area contributed by atoms with E-state index in [1.54, 1.807) is 11.3 Å². The summed E-state index contributed by atoms with van der Waals surface area (Å²) in [6, 6.07) is 8.10. The van der Waals surface area contributed by atoms with E-state index in [0.29, 0.717) is 12.2 Å². The molecular formula is C14H15ClOS. The number of thiophene rings is 1. The lowest BCUT2D eigenvalue weighted by atomic mass is 10.0. The highest BCUT2D eigenvalue weighted by atomic mass is 35.5. The Morgan fingerprint density at radius 3 is 2.71 bits per heavy atom. The van der Waals surface area contributed by atoms with Gasteiger partial charge in [0, 0.05) is 27.3 Å². The smallest absolute Gasteiger partial charge is 0.135 e. The summed E-state index contributed by atoms with van der Waals surface area (Å²) >= 11 is 8.01. The van der Waals surface area contributed by atoms with Gasteiger partial charge in [-0.15, -0.1) is 11.3 Å². The Kier molecular flexibility index (Phi) is 3.85. The number of Topliss-reactive ketones (excluding diaryl/α,β-unsaturated/α-hetero) is 1. The van der Waals surface area contributed by atoms with Crippen LogP contribution >= 0.6 is 22.9 Å². The number of carbonyl (C=O) groups is 1. The third kappa shape index (κ3) is 2.70. The molecule has 3 heteroatoms. The molecule has 0 radical (unpaired) electrons. The van der Waals surface area contributed by atoms with Crippen LogP contribution in [0.5, 0.6) is 0 Å². The van der Waals surface area contributed by atoms with E-state index in [1.807, 2.05) is 32.0 Å². The molecule has 0 N–H and O–H groups in total. The van der Waals surface area contributed by atoms with Crippen molar-refractivity contribution in [3.8, 4) is 0 Å². The molecule has 0 spiro atoms. The number of ketones is 1. The lowest BCUT2D eigenvalue weighted by Crippen LogP contribution is -2.07. The van der Waals surface area contributed by atoms with Gasteiger partial charge in [-0.3, -0.25) is 4.79 Å². The molecule has 0 amide bonds. The fourth-order valence-electron chi connectivity index (χ4n) is 1.75. The summed E-state index contributed by atoms with van der Waals surface area (Å²) in [6.45, 7) is 3.88. The van der Waals surface area contributed by atoms with Gasteiger partial charge in [0.25, 0.3) is 0 Å². The Labute approximate surface area is 110 Å². The van der Waals surface area contributed by atoms with Crippen LogP contribution in [0, 0.1) is 5.92 Å². The van der Waals surface area contributed by atoms with Crippen molar-refractivity contribution in [3.05, 3.63) is 34.2 Å². The van der Waals surface area contributed by atoms with E-state index in [0.717, 1.165) is 21.7 Å². The highest BCUT2D eigenvalue weighted by molar-refractivity contribution is 7.19. The molecule has 1 nitrogen and oxygen atoms in total. The van der Waals surface area contributed by atoms with E-state index in [1.165, 1.54) is 4.70 Å². The second-order valence-electron chi connectivity index (χ2n) is 4.46. The molecule has 0 unspecified atom stereocenters. The Bertz CT molecular complexity index is 542. The summed E-state index contributed by atoms with van der Waals surface area (Å²) in [5.74, 6) is 0.418. The predicted molar refractivity (Wildman–Crippen MR) is 75.0 cm³/mol. The van der Waals surface area contributed by atoms with Crippen LogP contribution < -0.4 is 0 Å². The highest BCUT2D eigenvalue weighted by Crippen LogP contribution is 2.35. The van der Waals surface area contributed by atoms with Gasteiger partial charge in [0.05, 0.1) is 5.02 Å². The fourth-order valence-corrected chi connectivity index (χ4v) is 3.28. The van der Waals surface area contributed by atoms with Crippen molar-refractivity contribution in [1.82, 2.24) is 0 Å². The zero-order valence-electron chi connectivity index (χ0n) is 10.00. The van der Waals surface area contributed by atoms with Crippen LogP contribution in [0.25, 0.3) is 10.1 Å². The summed E-state index contributed by atoms with van der Waals surface area (Å²) < 4.78 is 1.20. The van der Waals surface area contributed by atoms with Crippen molar-refractivity contribution < 1.29 is 4.79 Å². The van der Waals surface area contributed by atoms with Gasteiger partial charge in [-0.2, -0.15) is 0 Å². The van der Waals surface area contributed by atoms with Crippen LogP contribution in [0.3, 0.4) is 0 Å². The number of carbonyl (C=O) groups excluding carboxylic acids is 1. The number of fused-ring (bicyclic) bond motifs is 1. The van der Waals surface area contributed by atoms with Crippen LogP contribution in [0.4, 0.5) is 0 Å². The highest BCUT2D eigenvalue weighted by Gasteiger charge is 2.12. The third-order valence-corrected chi connectivity index (χ3v) is 4.62. The minimum absolute atomic E-state index is 0.114. The van der Waals surface area contributed by atoms with Gasteiger partial charge in [0.2, 0.25) is 0 Å². The van der Waals surface area contributed by atoms with Crippen LogP contribution in [0.15, 0.2) is 24.3 Å². The maximum Gasteiger partial charge on any atom is 0.135 e. The normalized spacial score (nSPS) is 11.3. The zero-order chi connectivity index (χ0) is 12.4. The van der Waals surface area contributed by atoms with Crippen molar-refractivity contribution in [2.75, 3.05) is 0 Å². The molecule has 0 aliphatic carbocycles. The van der Waals surface area contributed by atoms with Gasteiger partial charge >= 0.3 is 0 Å². The molecule has 1 heterocycles. The molecule has 0 aliphatic rings. The first-order valence-corrected chi connectivity index (χ1v) is 6.97. The predicted octanol–water partition coefficient (Wildman–Crippen LogP) is 4.71. The number of rotatable bonds is 4. The molecular weight excluding hydrogens is 252 g/mol. The molecule has 2 aromatic rings. The second-order valence-corrected chi connectivity index (χ2v) is 5.97. The third-order valence-electron chi connectivity index (χ3n) is 2.84. The lowest BCUT2D eigenvalue weighted by Gasteiger charge is -2.02. The number of benzene rings is 1. The van der Waals surface area contributed by atoms with Gasteiger partial charge < -0.3 is 0 Å². The first kappa shape index (κ1) is 12.6. The van der Waals surface area contributed by atoms with Crippen LogP contribution in [0.2, 0.25) is 5.02 Å². The van der Waals surface area contributed by atoms with E-state index < -0.39 is 0 Å². The van der Waals surface area contributed by atoms with Gasteiger partial charge in [-0.05, 0) is 12.5 Å². The topological polar surface area (TPSA) is 17.1 Å². The summed E-state index contributed by atoms with van der Waals surface area (Å²) in [4.78, 5) is 12.7. The van der Waals surface area contributed by atoms with E-state index in [2.05, 4.69) is 6.07 Å². The molecule has 0 aliphatic heterocycles. The minimum Gasteiger partial charge on any atom is -0.299 e. The number of hydrogen-bond acceptors (Lipinski definition) is 2. The Morgan fingerprint density at radius 2 is 2.06 bits per heavy atom. The van der Waals surface area contributed by atoms with Crippen molar-refractivity contribution in [3.63, 3.8) is 0 Å². The molecule has 90 valence electrons. The van der Waals surface area contributed by atoms with Crippen molar-refractivity contribution in [1.29, 1.82) is 0 Å². The second kappa shape index (κ2) is 5.19. The maximum absolute atomic E-state index is 11.6. The molecule has 0 fully saturated rings. The molecule has 17 heavy (non-hydrogen) atoms. The Balaban J connectivity index is 2.19. The SMILES string of the molecule is CC(C)C(=O)CCc1sc2ccccc2c1Cl. The minimum atomic E-state index is 0.114. The summed E-state index contributed by atoms with van der Waals surface area (Å²) in [7, 11) is 0. The fraction of sp³-hybridized carbons (Fsp3) is 0.357. The lowest BCUT2D eigenvalue weighted by molar-refractivity contribution is -0.121. The summed E-state index contributed by atoms with van der Waals surface area (Å²) in [5.41, 5.74) is 0. The summed E-state index contributed by atoms with van der Waals surface area (Å²) in [5, 5.41) is 1.92. The van der Waals surface area contributed by atoms with E-state index >= 15 is 0 Å². The molecule has 2 rings (SSSR count). The van der Waals surface area contributed by atoms with Crippen molar-refractivity contribution in [2.45, 2.75) is 26.7 Å². The summed E-state index contributed by atoms with van der Waals surface area (Å²) in [6.07, 6.45) is 1.35. The maximum atomic E-state index is 11.6. The van der Waals surface area contributed by atoms with Crippen molar-refractivity contribution in [2.24, 2.45) is 5.92 Å². The molecule has 0 saturated carbocycles.